The van der Waals surface area contributed by atoms with E-state index in [0.29, 0.717) is 6.04 Å². The Labute approximate surface area is 105 Å². The van der Waals surface area contributed by atoms with Crippen LogP contribution in [0.3, 0.4) is 0 Å². The molecule has 0 bridgehead atoms. The number of nitrogens with zero attached hydrogens (tertiary/aromatic N) is 4. The Morgan fingerprint density at radius 2 is 2.18 bits per heavy atom. The third kappa shape index (κ3) is 3.18. The van der Waals surface area contributed by atoms with E-state index in [1.165, 1.54) is 11.8 Å². The molecule has 1 heterocycles. The average Bonchev–Trinajstić information content (AvgIpc) is 2.99. The van der Waals surface area contributed by atoms with Crippen LogP contribution < -0.4 is 5.32 Å². The molecule has 0 unspecified atom stereocenters. The van der Waals surface area contributed by atoms with Crippen LogP contribution in [0.1, 0.15) is 39.7 Å². The molecule has 1 aliphatic rings. The summed E-state index contributed by atoms with van der Waals surface area (Å²) < 4.78 is 1.82. The van der Waals surface area contributed by atoms with Crippen molar-refractivity contribution in [1.82, 2.24) is 25.5 Å². The van der Waals surface area contributed by atoms with Gasteiger partial charge in [-0.05, 0) is 44.0 Å². The average molecular weight is 255 g/mol. The highest BCUT2D eigenvalue weighted by atomic mass is 32.2. The van der Waals surface area contributed by atoms with Crippen molar-refractivity contribution in [3.05, 3.63) is 0 Å². The molecule has 2 rings (SSSR count). The molecule has 1 aromatic rings. The molecule has 1 fully saturated rings. The molecule has 0 saturated heterocycles. The first-order valence-corrected chi connectivity index (χ1v) is 6.70. The van der Waals surface area contributed by atoms with Gasteiger partial charge in [0.2, 0.25) is 11.1 Å². The minimum atomic E-state index is -0.180. The first-order valence-electron chi connectivity index (χ1n) is 5.83. The number of aromatic nitrogens is 4. The molecule has 1 atom stereocenters. The van der Waals surface area contributed by atoms with Crippen LogP contribution in [0.15, 0.2) is 5.16 Å². The van der Waals surface area contributed by atoms with E-state index in [-0.39, 0.29) is 17.2 Å². The van der Waals surface area contributed by atoms with Crippen LogP contribution in [-0.2, 0) is 4.79 Å². The number of tetrazole rings is 1. The molecule has 1 aliphatic carbocycles. The molecule has 94 valence electrons. The predicted octanol–water partition coefficient (Wildman–Crippen LogP) is 1.01. The van der Waals surface area contributed by atoms with Gasteiger partial charge in [-0.3, -0.25) is 4.79 Å². The SMILES string of the molecule is CC(C)NC(=O)[C@@H](C)Sc1nnnn1C1CC1. The minimum Gasteiger partial charge on any atom is -0.353 e. The fourth-order valence-corrected chi connectivity index (χ4v) is 2.29. The summed E-state index contributed by atoms with van der Waals surface area (Å²) in [5.41, 5.74) is 0. The summed E-state index contributed by atoms with van der Waals surface area (Å²) in [5.74, 6) is 0.0235. The number of hydrogen-bond donors (Lipinski definition) is 1. The van der Waals surface area contributed by atoms with Gasteiger partial charge >= 0.3 is 0 Å². The number of nitrogens with one attached hydrogen (secondary N) is 1. The van der Waals surface area contributed by atoms with Crippen molar-refractivity contribution < 1.29 is 4.79 Å². The van der Waals surface area contributed by atoms with Crippen LogP contribution in [0.5, 0.6) is 0 Å². The van der Waals surface area contributed by atoms with Crippen molar-refractivity contribution in [3.8, 4) is 0 Å². The Kier molecular flexibility index (Phi) is 3.66. The van der Waals surface area contributed by atoms with Crippen LogP contribution in [-0.4, -0.2) is 37.4 Å². The normalized spacial score (nSPS) is 17.2. The Hall–Kier alpha value is -1.11. The highest BCUT2D eigenvalue weighted by Crippen LogP contribution is 2.37. The molecular formula is C10H17N5OS. The van der Waals surface area contributed by atoms with Crippen molar-refractivity contribution in [2.24, 2.45) is 0 Å². The number of carbonyl (C=O) groups is 1. The van der Waals surface area contributed by atoms with E-state index in [9.17, 15) is 4.79 Å². The highest BCUT2D eigenvalue weighted by Gasteiger charge is 2.29. The van der Waals surface area contributed by atoms with Crippen molar-refractivity contribution in [3.63, 3.8) is 0 Å². The van der Waals surface area contributed by atoms with E-state index < -0.39 is 0 Å². The zero-order valence-electron chi connectivity index (χ0n) is 10.3. The van der Waals surface area contributed by atoms with Gasteiger partial charge in [-0.2, -0.15) is 0 Å². The summed E-state index contributed by atoms with van der Waals surface area (Å²) in [5, 5.41) is 15.0. The maximum absolute atomic E-state index is 11.8. The topological polar surface area (TPSA) is 72.7 Å². The van der Waals surface area contributed by atoms with Gasteiger partial charge in [-0.15, -0.1) is 5.10 Å². The van der Waals surface area contributed by atoms with E-state index in [1.54, 1.807) is 0 Å². The third-order valence-electron chi connectivity index (χ3n) is 2.44. The molecule has 6 nitrogen and oxygen atoms in total. The van der Waals surface area contributed by atoms with Gasteiger partial charge in [-0.1, -0.05) is 11.8 Å². The maximum atomic E-state index is 11.8. The monoisotopic (exact) mass is 255 g/mol. The molecular weight excluding hydrogens is 238 g/mol. The van der Waals surface area contributed by atoms with Gasteiger partial charge in [0.25, 0.3) is 0 Å². The van der Waals surface area contributed by atoms with E-state index in [2.05, 4.69) is 20.8 Å². The largest absolute Gasteiger partial charge is 0.353 e. The summed E-state index contributed by atoms with van der Waals surface area (Å²) in [7, 11) is 0. The molecule has 17 heavy (non-hydrogen) atoms. The van der Waals surface area contributed by atoms with Crippen molar-refractivity contribution >= 4 is 17.7 Å². The van der Waals surface area contributed by atoms with E-state index in [0.717, 1.165) is 18.0 Å². The Morgan fingerprint density at radius 1 is 1.47 bits per heavy atom. The predicted molar refractivity (Wildman–Crippen MR) is 64.7 cm³/mol. The molecule has 0 aliphatic heterocycles. The minimum absolute atomic E-state index is 0.0235. The second kappa shape index (κ2) is 5.03. The summed E-state index contributed by atoms with van der Waals surface area (Å²) >= 11 is 1.41. The van der Waals surface area contributed by atoms with Gasteiger partial charge in [0.1, 0.15) is 0 Å². The van der Waals surface area contributed by atoms with Crippen LogP contribution in [0.25, 0.3) is 0 Å². The first-order chi connectivity index (χ1) is 8.08. The number of rotatable bonds is 5. The lowest BCUT2D eigenvalue weighted by Crippen LogP contribution is -2.36. The quantitative estimate of drug-likeness (QED) is 0.795. The zero-order chi connectivity index (χ0) is 12.4. The van der Waals surface area contributed by atoms with Gasteiger partial charge in [-0.25, -0.2) is 4.68 Å². The summed E-state index contributed by atoms with van der Waals surface area (Å²) in [6.45, 7) is 5.77. The van der Waals surface area contributed by atoms with Crippen LogP contribution in [0.4, 0.5) is 0 Å². The van der Waals surface area contributed by atoms with Crippen LogP contribution in [0, 0.1) is 0 Å². The fourth-order valence-electron chi connectivity index (χ4n) is 1.42. The zero-order valence-corrected chi connectivity index (χ0v) is 11.1. The van der Waals surface area contributed by atoms with Gasteiger partial charge < -0.3 is 5.32 Å². The fraction of sp³-hybridized carbons (Fsp3) is 0.800. The number of carbonyl (C=O) groups excluding carboxylic acids is 1. The number of thioether (sulfide) groups is 1. The molecule has 0 aromatic carbocycles. The van der Waals surface area contributed by atoms with Crippen molar-refractivity contribution in [2.45, 2.75) is 56.1 Å². The summed E-state index contributed by atoms with van der Waals surface area (Å²) in [6, 6.07) is 0.595. The molecule has 0 spiro atoms. The van der Waals surface area contributed by atoms with Gasteiger partial charge in [0.05, 0.1) is 11.3 Å². The Morgan fingerprint density at radius 3 is 2.76 bits per heavy atom. The van der Waals surface area contributed by atoms with Crippen LogP contribution >= 0.6 is 11.8 Å². The second-order valence-electron chi connectivity index (χ2n) is 4.56. The molecule has 1 saturated carbocycles. The first kappa shape index (κ1) is 12.3. The molecule has 1 aromatic heterocycles. The van der Waals surface area contributed by atoms with Crippen molar-refractivity contribution in [2.75, 3.05) is 0 Å². The number of amides is 1. The summed E-state index contributed by atoms with van der Waals surface area (Å²) in [6.07, 6.45) is 2.26. The maximum Gasteiger partial charge on any atom is 0.233 e. The standard InChI is InChI=1S/C10H17N5OS/c1-6(2)11-9(16)7(3)17-10-12-13-14-15(10)8-4-5-8/h6-8H,4-5H2,1-3H3,(H,11,16)/t7-/m1/s1. The molecule has 1 N–H and O–H groups in total. The van der Waals surface area contributed by atoms with E-state index >= 15 is 0 Å². The van der Waals surface area contributed by atoms with E-state index in [4.69, 9.17) is 0 Å². The van der Waals surface area contributed by atoms with Crippen molar-refractivity contribution in [1.29, 1.82) is 0 Å². The lowest BCUT2D eigenvalue weighted by Gasteiger charge is -2.13. The van der Waals surface area contributed by atoms with Crippen LogP contribution in [0.2, 0.25) is 0 Å². The lowest BCUT2D eigenvalue weighted by molar-refractivity contribution is -0.120. The highest BCUT2D eigenvalue weighted by molar-refractivity contribution is 8.00. The molecule has 7 heteroatoms. The van der Waals surface area contributed by atoms with Gasteiger partial charge in [0, 0.05) is 6.04 Å². The Bertz CT molecular complexity index is 401. The lowest BCUT2D eigenvalue weighted by atomic mass is 10.3. The molecule has 1 amide bonds. The number of hydrogen-bond acceptors (Lipinski definition) is 5. The molecule has 0 radical (unpaired) electrons. The Balaban J connectivity index is 1.95. The van der Waals surface area contributed by atoms with Gasteiger partial charge in [0.15, 0.2) is 0 Å². The van der Waals surface area contributed by atoms with E-state index in [1.807, 2.05) is 25.5 Å². The summed E-state index contributed by atoms with van der Waals surface area (Å²) in [4.78, 5) is 11.8. The third-order valence-corrected chi connectivity index (χ3v) is 3.48. The smallest absolute Gasteiger partial charge is 0.233 e. The second-order valence-corrected chi connectivity index (χ2v) is 5.87.